The molecule has 1 heterocycles. The van der Waals surface area contributed by atoms with Gasteiger partial charge < -0.3 is 0 Å². The molecule has 3 rings (SSSR count). The fourth-order valence-corrected chi connectivity index (χ4v) is 4.38. The number of nitro groups is 1. The minimum atomic E-state index is -3.88. The van der Waals surface area contributed by atoms with Gasteiger partial charge in [-0.1, -0.05) is 29.9 Å². The molecule has 0 spiro atoms. The minimum Gasteiger partial charge on any atom is -0.285 e. The molecule has 0 saturated carbocycles. The first-order valence-electron chi connectivity index (χ1n) is 9.25. The molecule has 0 N–H and O–H groups in total. The maximum atomic E-state index is 13.0. The molecule has 0 aromatic heterocycles. The van der Waals surface area contributed by atoms with Crippen molar-refractivity contribution < 1.29 is 18.1 Å². The molecule has 152 valence electrons. The van der Waals surface area contributed by atoms with E-state index in [1.54, 1.807) is 12.1 Å². The fourth-order valence-electron chi connectivity index (χ4n) is 2.90. The zero-order valence-electron chi connectivity index (χ0n) is 16.0. The third-order valence-electron chi connectivity index (χ3n) is 4.47. The summed E-state index contributed by atoms with van der Waals surface area (Å²) in [6, 6.07) is 12.0. The van der Waals surface area contributed by atoms with E-state index in [9.17, 15) is 23.3 Å². The van der Waals surface area contributed by atoms with E-state index in [4.69, 9.17) is 0 Å². The van der Waals surface area contributed by atoms with E-state index in [2.05, 4.69) is 23.7 Å². The van der Waals surface area contributed by atoms with Crippen LogP contribution in [0.3, 0.4) is 0 Å². The Bertz CT molecular complexity index is 1200. The minimum absolute atomic E-state index is 0.0400. The van der Waals surface area contributed by atoms with Gasteiger partial charge in [0, 0.05) is 49.2 Å². The SMILES string of the molecule is O=C1C#Cc2ccccc2C#CCCN(S(=O)(=O)c2ccc([N+](=O)[O-])cc2)CCC1. The number of nitro benzene ring substituents is 1. The van der Waals surface area contributed by atoms with Crippen LogP contribution in [-0.4, -0.2) is 36.5 Å². The number of fused-ring (bicyclic) bond motifs is 1. The van der Waals surface area contributed by atoms with Crippen molar-refractivity contribution in [3.8, 4) is 23.7 Å². The predicted molar refractivity (Wildman–Crippen MR) is 111 cm³/mol. The lowest BCUT2D eigenvalue weighted by Gasteiger charge is -2.21. The van der Waals surface area contributed by atoms with Crippen LogP contribution in [-0.2, 0) is 14.8 Å². The molecule has 8 heteroatoms. The van der Waals surface area contributed by atoms with Gasteiger partial charge in [-0.25, -0.2) is 8.42 Å². The number of rotatable bonds is 3. The first kappa shape index (κ1) is 21.3. The number of sulfonamides is 1. The maximum absolute atomic E-state index is 13.0. The molecule has 0 aliphatic carbocycles. The second-order valence-corrected chi connectivity index (χ2v) is 8.47. The first-order chi connectivity index (χ1) is 14.4. The fraction of sp³-hybridized carbons (Fsp3) is 0.227. The number of carbonyl (C=O) groups excluding carboxylic acids is 1. The third kappa shape index (κ3) is 5.12. The van der Waals surface area contributed by atoms with Crippen LogP contribution in [0.4, 0.5) is 5.69 Å². The topological polar surface area (TPSA) is 97.6 Å². The van der Waals surface area contributed by atoms with Gasteiger partial charge >= 0.3 is 0 Å². The molecule has 2 aromatic rings. The molecule has 1 aliphatic rings. The Hall–Kier alpha value is -3.46. The number of hydrogen-bond acceptors (Lipinski definition) is 5. The smallest absolute Gasteiger partial charge is 0.269 e. The zero-order chi connectivity index (χ0) is 21.6. The molecule has 0 amide bonds. The van der Waals surface area contributed by atoms with Crippen molar-refractivity contribution in [3.05, 3.63) is 69.8 Å². The number of non-ortho nitro benzene ring substituents is 1. The Morgan fingerprint density at radius 3 is 2.27 bits per heavy atom. The average molecular weight is 422 g/mol. The van der Waals surface area contributed by atoms with Gasteiger partial charge in [-0.2, -0.15) is 4.31 Å². The van der Waals surface area contributed by atoms with Crippen molar-refractivity contribution in [2.75, 3.05) is 13.1 Å². The summed E-state index contributed by atoms with van der Waals surface area (Å²) in [5.74, 6) is 11.1. The lowest BCUT2D eigenvalue weighted by Crippen LogP contribution is -2.33. The summed E-state index contributed by atoms with van der Waals surface area (Å²) < 4.78 is 27.3. The molecule has 0 radical (unpaired) electrons. The molecule has 7 nitrogen and oxygen atoms in total. The molecule has 2 aromatic carbocycles. The Balaban J connectivity index is 1.88. The summed E-state index contributed by atoms with van der Waals surface area (Å²) in [6.07, 6.45) is 0.735. The van der Waals surface area contributed by atoms with E-state index in [-0.39, 0.29) is 35.9 Å². The Morgan fingerprint density at radius 1 is 0.933 bits per heavy atom. The second kappa shape index (κ2) is 9.36. The molecule has 30 heavy (non-hydrogen) atoms. The standard InChI is InChI=1S/C22H18N2O5S/c25-21-9-5-17-23(30(28,29)22-14-11-20(12-15-22)24(26)27)16-4-3-8-18-6-1-2-7-19(18)10-13-21/h1-2,6-7,11-12,14-15H,4-5,9,16-17H2. The van der Waals surface area contributed by atoms with Crippen LogP contribution in [0, 0.1) is 33.8 Å². The number of benzene rings is 2. The summed E-state index contributed by atoms with van der Waals surface area (Å²) in [4.78, 5) is 22.3. The maximum Gasteiger partial charge on any atom is 0.269 e. The quantitative estimate of drug-likeness (QED) is 0.430. The van der Waals surface area contributed by atoms with Gasteiger partial charge in [-0.3, -0.25) is 14.9 Å². The highest BCUT2D eigenvalue weighted by Crippen LogP contribution is 2.20. The molecular weight excluding hydrogens is 404 g/mol. The lowest BCUT2D eigenvalue weighted by atomic mass is 10.1. The molecule has 0 atom stereocenters. The van der Waals surface area contributed by atoms with Crippen LogP contribution in [0.2, 0.25) is 0 Å². The zero-order valence-corrected chi connectivity index (χ0v) is 16.8. The van der Waals surface area contributed by atoms with Crippen molar-refractivity contribution in [1.82, 2.24) is 4.31 Å². The van der Waals surface area contributed by atoms with Gasteiger partial charge in [-0.15, -0.1) is 0 Å². The number of carbonyl (C=O) groups is 1. The highest BCUT2D eigenvalue weighted by molar-refractivity contribution is 7.89. The van der Waals surface area contributed by atoms with E-state index in [1.165, 1.54) is 16.4 Å². The Morgan fingerprint density at radius 2 is 1.60 bits per heavy atom. The van der Waals surface area contributed by atoms with Crippen molar-refractivity contribution in [2.45, 2.75) is 24.2 Å². The number of Topliss-reactive ketones (excluding diaryl/α,β-unsaturated/α-hetero) is 1. The van der Waals surface area contributed by atoms with Gasteiger partial charge in [-0.05, 0) is 36.6 Å². The van der Waals surface area contributed by atoms with Gasteiger partial charge in [0.1, 0.15) is 0 Å². The summed E-state index contributed by atoms with van der Waals surface area (Å²) in [6.45, 7) is 0.269. The van der Waals surface area contributed by atoms with Crippen molar-refractivity contribution in [3.63, 3.8) is 0 Å². The molecule has 0 saturated heterocycles. The van der Waals surface area contributed by atoms with Gasteiger partial charge in [0.05, 0.1) is 9.82 Å². The monoisotopic (exact) mass is 422 g/mol. The number of ketones is 1. The average Bonchev–Trinajstić information content (AvgIpc) is 2.75. The molecule has 0 unspecified atom stereocenters. The van der Waals surface area contributed by atoms with Crippen LogP contribution in [0.25, 0.3) is 0 Å². The first-order valence-corrected chi connectivity index (χ1v) is 10.7. The van der Waals surface area contributed by atoms with Crippen molar-refractivity contribution in [1.29, 1.82) is 0 Å². The van der Waals surface area contributed by atoms with Gasteiger partial charge in [0.25, 0.3) is 5.69 Å². The Labute approximate surface area is 174 Å². The van der Waals surface area contributed by atoms with Gasteiger partial charge in [0.15, 0.2) is 0 Å². The van der Waals surface area contributed by atoms with Crippen molar-refractivity contribution in [2.24, 2.45) is 0 Å². The number of hydrogen-bond donors (Lipinski definition) is 0. The van der Waals surface area contributed by atoms with Crippen LogP contribution in [0.5, 0.6) is 0 Å². The summed E-state index contributed by atoms with van der Waals surface area (Å²) in [7, 11) is -3.88. The van der Waals surface area contributed by atoms with Crippen molar-refractivity contribution >= 4 is 21.5 Å². The van der Waals surface area contributed by atoms with Crippen LogP contribution >= 0.6 is 0 Å². The summed E-state index contributed by atoms with van der Waals surface area (Å²) >= 11 is 0. The molecule has 0 bridgehead atoms. The van der Waals surface area contributed by atoms with Crippen LogP contribution in [0.15, 0.2) is 53.4 Å². The number of nitrogens with zero attached hydrogens (tertiary/aromatic N) is 2. The summed E-state index contributed by atoms with van der Waals surface area (Å²) in [5, 5.41) is 10.8. The summed E-state index contributed by atoms with van der Waals surface area (Å²) in [5.41, 5.74) is 1.15. The largest absolute Gasteiger partial charge is 0.285 e. The van der Waals surface area contributed by atoms with Crippen LogP contribution in [0.1, 0.15) is 30.4 Å². The molecular formula is C22H18N2O5S. The highest BCUT2D eigenvalue weighted by Gasteiger charge is 2.24. The molecule has 1 aliphatic heterocycles. The van der Waals surface area contributed by atoms with E-state index in [0.29, 0.717) is 24.0 Å². The van der Waals surface area contributed by atoms with E-state index in [0.717, 1.165) is 12.1 Å². The van der Waals surface area contributed by atoms with E-state index in [1.807, 2.05) is 12.1 Å². The molecule has 0 fully saturated rings. The second-order valence-electron chi connectivity index (χ2n) is 6.53. The Kier molecular flexibility index (Phi) is 6.63. The predicted octanol–water partition coefficient (Wildman–Crippen LogP) is 2.74. The van der Waals surface area contributed by atoms with Crippen LogP contribution < -0.4 is 0 Å². The van der Waals surface area contributed by atoms with E-state index >= 15 is 0 Å². The van der Waals surface area contributed by atoms with E-state index < -0.39 is 14.9 Å². The third-order valence-corrected chi connectivity index (χ3v) is 6.38. The van der Waals surface area contributed by atoms with Gasteiger partial charge in [0.2, 0.25) is 15.8 Å². The highest BCUT2D eigenvalue weighted by atomic mass is 32.2. The normalized spacial score (nSPS) is 15.1. The lowest BCUT2D eigenvalue weighted by molar-refractivity contribution is -0.384.